The highest BCUT2D eigenvalue weighted by Crippen LogP contribution is 2.29. The number of carbonyl (C=O) groups excluding carboxylic acids is 1. The first-order chi connectivity index (χ1) is 15.1. The molecule has 0 atom stereocenters. The van der Waals surface area contributed by atoms with E-state index in [1.165, 1.54) is 0 Å². The van der Waals surface area contributed by atoms with Gasteiger partial charge in [0.2, 0.25) is 0 Å². The maximum absolute atomic E-state index is 13.1. The summed E-state index contributed by atoms with van der Waals surface area (Å²) in [5, 5.41) is 15.7. The van der Waals surface area contributed by atoms with E-state index in [1.807, 2.05) is 29.8 Å². The van der Waals surface area contributed by atoms with Crippen LogP contribution in [0.5, 0.6) is 5.75 Å². The van der Waals surface area contributed by atoms with Crippen LogP contribution in [0.3, 0.4) is 0 Å². The molecule has 0 saturated carbocycles. The van der Waals surface area contributed by atoms with E-state index >= 15 is 0 Å². The number of hydrogen-bond donors (Lipinski definition) is 3. The molecule has 0 radical (unpaired) electrons. The number of fused-ring (bicyclic) bond motifs is 1. The van der Waals surface area contributed by atoms with Crippen LogP contribution >= 0.6 is 11.6 Å². The van der Waals surface area contributed by atoms with Crippen molar-refractivity contribution >= 4 is 34.2 Å². The van der Waals surface area contributed by atoms with Crippen LogP contribution in [0.4, 0.5) is 5.69 Å². The third-order valence-electron chi connectivity index (χ3n) is 5.57. The van der Waals surface area contributed by atoms with Crippen LogP contribution < -0.4 is 20.7 Å². The van der Waals surface area contributed by atoms with Gasteiger partial charge < -0.3 is 20.7 Å². The first-order valence-electron chi connectivity index (χ1n) is 10.5. The first kappa shape index (κ1) is 21.4. The number of piperidine rings is 1. The summed E-state index contributed by atoms with van der Waals surface area (Å²) in [7, 11) is 1.59. The van der Waals surface area contributed by atoms with Crippen molar-refractivity contribution in [3.05, 3.63) is 46.7 Å². The Balaban J connectivity index is 1.63. The molecule has 0 aliphatic carbocycles. The molecule has 0 spiro atoms. The van der Waals surface area contributed by atoms with Crippen LogP contribution in [0.25, 0.3) is 11.0 Å². The molecule has 1 aromatic carbocycles. The van der Waals surface area contributed by atoms with Gasteiger partial charge in [0.25, 0.3) is 5.91 Å². The Morgan fingerprint density at radius 2 is 2.13 bits per heavy atom. The van der Waals surface area contributed by atoms with Crippen LogP contribution in [0, 0.1) is 0 Å². The number of anilines is 1. The minimum atomic E-state index is -0.124. The van der Waals surface area contributed by atoms with Crippen molar-refractivity contribution in [1.29, 1.82) is 0 Å². The van der Waals surface area contributed by atoms with Crippen molar-refractivity contribution in [2.75, 3.05) is 25.5 Å². The Morgan fingerprint density at radius 1 is 1.32 bits per heavy atom. The summed E-state index contributed by atoms with van der Waals surface area (Å²) in [6.45, 7) is 5.03. The second-order valence-corrected chi connectivity index (χ2v) is 7.97. The molecule has 0 unspecified atom stereocenters. The van der Waals surface area contributed by atoms with Gasteiger partial charge in [0, 0.05) is 25.3 Å². The zero-order valence-electron chi connectivity index (χ0n) is 17.7. The van der Waals surface area contributed by atoms with Crippen molar-refractivity contribution in [1.82, 2.24) is 25.4 Å². The molecule has 4 rings (SSSR count). The van der Waals surface area contributed by atoms with Gasteiger partial charge in [0.1, 0.15) is 5.75 Å². The van der Waals surface area contributed by atoms with Crippen molar-refractivity contribution in [3.8, 4) is 5.75 Å². The summed E-state index contributed by atoms with van der Waals surface area (Å²) < 4.78 is 7.05. The number of ether oxygens (including phenoxy) is 1. The van der Waals surface area contributed by atoms with E-state index in [0.29, 0.717) is 29.4 Å². The standard InChI is InChI=1S/C22H27ClN6O2/c1-3-29-21-16(13-27-29)20(25-11-14-4-5-19(31-2)18(23)10-14)17(12-26-21)22(30)28-15-6-8-24-9-7-15/h4-5,10,12-13,15,24H,3,6-9,11H2,1-2H3,(H,25,26)(H,28,30). The number of carbonyl (C=O) groups is 1. The number of methoxy groups -OCH3 is 1. The molecule has 3 N–H and O–H groups in total. The maximum atomic E-state index is 13.1. The summed E-state index contributed by atoms with van der Waals surface area (Å²) in [4.78, 5) is 17.7. The monoisotopic (exact) mass is 442 g/mol. The van der Waals surface area contributed by atoms with Gasteiger partial charge in [-0.3, -0.25) is 4.79 Å². The summed E-state index contributed by atoms with van der Waals surface area (Å²) >= 11 is 6.27. The number of aromatic nitrogens is 3. The molecule has 164 valence electrons. The van der Waals surface area contributed by atoms with Crippen molar-refractivity contribution in [3.63, 3.8) is 0 Å². The molecule has 3 heterocycles. The minimum absolute atomic E-state index is 0.124. The Hall–Kier alpha value is -2.84. The number of nitrogens with zero attached hydrogens (tertiary/aromatic N) is 3. The lowest BCUT2D eigenvalue weighted by Gasteiger charge is -2.24. The third kappa shape index (κ3) is 4.60. The highest BCUT2D eigenvalue weighted by atomic mass is 35.5. The van der Waals surface area contributed by atoms with Gasteiger partial charge in [0.05, 0.1) is 35.0 Å². The van der Waals surface area contributed by atoms with Crippen LogP contribution in [-0.2, 0) is 13.1 Å². The molecule has 1 saturated heterocycles. The molecule has 9 heteroatoms. The number of hydrogen-bond acceptors (Lipinski definition) is 6. The average molecular weight is 443 g/mol. The number of nitrogens with one attached hydrogen (secondary N) is 3. The largest absolute Gasteiger partial charge is 0.495 e. The molecule has 1 aliphatic heterocycles. The zero-order valence-corrected chi connectivity index (χ0v) is 18.5. The molecule has 1 aliphatic rings. The van der Waals surface area contributed by atoms with E-state index in [2.05, 4.69) is 26.0 Å². The zero-order chi connectivity index (χ0) is 21.8. The van der Waals surface area contributed by atoms with E-state index < -0.39 is 0 Å². The van der Waals surface area contributed by atoms with Crippen molar-refractivity contribution < 1.29 is 9.53 Å². The summed E-state index contributed by atoms with van der Waals surface area (Å²) in [6.07, 6.45) is 5.23. The number of pyridine rings is 1. The Kier molecular flexibility index (Phi) is 6.58. The molecule has 1 amide bonds. The number of benzene rings is 1. The fourth-order valence-electron chi connectivity index (χ4n) is 3.86. The minimum Gasteiger partial charge on any atom is -0.495 e. The lowest BCUT2D eigenvalue weighted by Crippen LogP contribution is -2.42. The third-order valence-corrected chi connectivity index (χ3v) is 5.87. The van der Waals surface area contributed by atoms with E-state index in [-0.39, 0.29) is 11.9 Å². The normalized spacial score (nSPS) is 14.5. The van der Waals surface area contributed by atoms with Gasteiger partial charge in [-0.1, -0.05) is 17.7 Å². The Bertz CT molecular complexity index is 1080. The predicted molar refractivity (Wildman–Crippen MR) is 122 cm³/mol. The van der Waals surface area contributed by atoms with Gasteiger partial charge in [-0.25, -0.2) is 9.67 Å². The van der Waals surface area contributed by atoms with Gasteiger partial charge in [-0.15, -0.1) is 0 Å². The number of halogens is 1. The first-order valence-corrected chi connectivity index (χ1v) is 10.9. The van der Waals surface area contributed by atoms with Crippen LogP contribution in [0.2, 0.25) is 5.02 Å². The highest BCUT2D eigenvalue weighted by Gasteiger charge is 2.21. The number of amides is 1. The molecular formula is C22H27ClN6O2. The van der Waals surface area contributed by atoms with E-state index in [4.69, 9.17) is 16.3 Å². The lowest BCUT2D eigenvalue weighted by atomic mass is 10.1. The molecule has 8 nitrogen and oxygen atoms in total. The topological polar surface area (TPSA) is 93.1 Å². The number of rotatable bonds is 7. The smallest absolute Gasteiger partial charge is 0.255 e. The van der Waals surface area contributed by atoms with Gasteiger partial charge in [-0.2, -0.15) is 5.10 Å². The SMILES string of the molecule is CCn1ncc2c(NCc3ccc(OC)c(Cl)c3)c(C(=O)NC3CCNCC3)cnc21. The van der Waals surface area contributed by atoms with Crippen LogP contribution in [0.15, 0.2) is 30.6 Å². The van der Waals surface area contributed by atoms with Gasteiger partial charge in [0.15, 0.2) is 5.65 Å². The molecule has 3 aromatic rings. The quantitative estimate of drug-likeness (QED) is 0.520. The molecule has 0 bridgehead atoms. The summed E-state index contributed by atoms with van der Waals surface area (Å²) in [6, 6.07) is 5.80. The fraction of sp³-hybridized carbons (Fsp3) is 0.409. The lowest BCUT2D eigenvalue weighted by molar-refractivity contribution is 0.0930. The van der Waals surface area contributed by atoms with E-state index in [0.717, 1.165) is 48.2 Å². The van der Waals surface area contributed by atoms with Gasteiger partial charge in [-0.05, 0) is 50.6 Å². The Morgan fingerprint density at radius 3 is 2.84 bits per heavy atom. The Labute approximate surface area is 186 Å². The van der Waals surface area contributed by atoms with E-state index in [9.17, 15) is 4.79 Å². The van der Waals surface area contributed by atoms with Gasteiger partial charge >= 0.3 is 0 Å². The van der Waals surface area contributed by atoms with Crippen molar-refractivity contribution in [2.24, 2.45) is 0 Å². The predicted octanol–water partition coefficient (Wildman–Crippen LogP) is 3.21. The average Bonchev–Trinajstić information content (AvgIpc) is 3.21. The van der Waals surface area contributed by atoms with E-state index in [1.54, 1.807) is 19.5 Å². The number of aryl methyl sites for hydroxylation is 1. The molecule has 2 aromatic heterocycles. The maximum Gasteiger partial charge on any atom is 0.255 e. The van der Waals surface area contributed by atoms with Crippen LogP contribution in [0.1, 0.15) is 35.7 Å². The second-order valence-electron chi connectivity index (χ2n) is 7.56. The van der Waals surface area contributed by atoms with Crippen molar-refractivity contribution in [2.45, 2.75) is 38.9 Å². The van der Waals surface area contributed by atoms with Crippen LogP contribution in [-0.4, -0.2) is 46.9 Å². The highest BCUT2D eigenvalue weighted by molar-refractivity contribution is 6.32. The summed E-state index contributed by atoms with van der Waals surface area (Å²) in [5.41, 5.74) is 2.96. The summed E-state index contributed by atoms with van der Waals surface area (Å²) in [5.74, 6) is 0.504. The second kappa shape index (κ2) is 9.53. The molecule has 31 heavy (non-hydrogen) atoms. The molecular weight excluding hydrogens is 416 g/mol. The fourth-order valence-corrected chi connectivity index (χ4v) is 4.14. The molecule has 1 fully saturated rings.